The molecule has 1 heterocycles. The van der Waals surface area contributed by atoms with Gasteiger partial charge in [0, 0.05) is 12.5 Å². The number of likely N-dealkylation sites (tertiary alicyclic amines) is 1. The van der Waals surface area contributed by atoms with E-state index in [1.807, 2.05) is 30.0 Å². The van der Waals surface area contributed by atoms with Gasteiger partial charge in [-0.1, -0.05) is 37.3 Å². The summed E-state index contributed by atoms with van der Waals surface area (Å²) in [6.07, 6.45) is 2.95. The van der Waals surface area contributed by atoms with E-state index in [0.717, 1.165) is 25.8 Å². The first kappa shape index (κ1) is 13.1. The smallest absolute Gasteiger partial charge is 0.225 e. The second-order valence-corrected chi connectivity index (χ2v) is 5.08. The van der Waals surface area contributed by atoms with E-state index in [9.17, 15) is 4.79 Å². The lowest BCUT2D eigenvalue weighted by molar-refractivity contribution is -0.136. The van der Waals surface area contributed by atoms with Crippen LogP contribution >= 0.6 is 0 Å². The van der Waals surface area contributed by atoms with E-state index in [2.05, 4.69) is 12.1 Å². The van der Waals surface area contributed by atoms with Crippen molar-refractivity contribution in [3.63, 3.8) is 0 Å². The predicted molar refractivity (Wildman–Crippen MR) is 73.0 cm³/mol. The minimum Gasteiger partial charge on any atom is -0.335 e. The molecule has 1 aliphatic heterocycles. The van der Waals surface area contributed by atoms with Crippen LogP contribution in [0.15, 0.2) is 30.3 Å². The summed E-state index contributed by atoms with van der Waals surface area (Å²) in [4.78, 5) is 14.4. The first-order chi connectivity index (χ1) is 8.74. The molecule has 0 spiro atoms. The van der Waals surface area contributed by atoms with Gasteiger partial charge >= 0.3 is 0 Å². The van der Waals surface area contributed by atoms with Crippen molar-refractivity contribution in [2.75, 3.05) is 13.1 Å². The minimum atomic E-state index is 0.0410. The summed E-state index contributed by atoms with van der Waals surface area (Å²) >= 11 is 0. The third kappa shape index (κ3) is 2.72. The van der Waals surface area contributed by atoms with E-state index in [1.54, 1.807) is 0 Å². The number of nitrogens with two attached hydrogens (primary N) is 1. The zero-order chi connectivity index (χ0) is 13.0. The van der Waals surface area contributed by atoms with Gasteiger partial charge in [-0.3, -0.25) is 4.79 Å². The number of benzene rings is 1. The molecule has 3 heteroatoms. The molecule has 2 rings (SSSR count). The standard InChI is InChI=1S/C15H22N2O/c1-12(9-10-16)15(18)17-11-5-8-14(17)13-6-3-2-4-7-13/h2-4,6-7,12,14H,5,8-11,16H2,1H3. The summed E-state index contributed by atoms with van der Waals surface area (Å²) in [6.45, 7) is 3.44. The van der Waals surface area contributed by atoms with Crippen LogP contribution in [0.4, 0.5) is 0 Å². The molecule has 1 amide bonds. The fourth-order valence-corrected chi connectivity index (χ4v) is 2.71. The van der Waals surface area contributed by atoms with Crippen molar-refractivity contribution < 1.29 is 4.79 Å². The highest BCUT2D eigenvalue weighted by Crippen LogP contribution is 2.33. The molecule has 1 fully saturated rings. The first-order valence-corrected chi connectivity index (χ1v) is 6.79. The van der Waals surface area contributed by atoms with Crippen molar-refractivity contribution in [1.29, 1.82) is 0 Å². The molecule has 0 aromatic heterocycles. The predicted octanol–water partition coefficient (Wildman–Crippen LogP) is 2.33. The molecule has 2 N–H and O–H groups in total. The number of rotatable bonds is 4. The van der Waals surface area contributed by atoms with Crippen LogP contribution in [0.1, 0.15) is 37.8 Å². The Kier molecular flexibility index (Phi) is 4.37. The summed E-state index contributed by atoms with van der Waals surface area (Å²) < 4.78 is 0. The van der Waals surface area contributed by atoms with Crippen LogP contribution in [0.5, 0.6) is 0 Å². The summed E-state index contributed by atoms with van der Waals surface area (Å²) in [5, 5.41) is 0. The molecule has 0 radical (unpaired) electrons. The van der Waals surface area contributed by atoms with Crippen molar-refractivity contribution in [3.8, 4) is 0 Å². The molecule has 98 valence electrons. The fourth-order valence-electron chi connectivity index (χ4n) is 2.71. The largest absolute Gasteiger partial charge is 0.335 e. The van der Waals surface area contributed by atoms with E-state index < -0.39 is 0 Å². The number of hydrogen-bond donors (Lipinski definition) is 1. The summed E-state index contributed by atoms with van der Waals surface area (Å²) in [6, 6.07) is 10.6. The lowest BCUT2D eigenvalue weighted by Crippen LogP contribution is -2.35. The second kappa shape index (κ2) is 6.01. The zero-order valence-electron chi connectivity index (χ0n) is 11.0. The Balaban J connectivity index is 2.10. The van der Waals surface area contributed by atoms with Crippen molar-refractivity contribution >= 4 is 5.91 Å². The quantitative estimate of drug-likeness (QED) is 0.886. The highest BCUT2D eigenvalue weighted by atomic mass is 16.2. The van der Waals surface area contributed by atoms with Crippen LogP contribution in [-0.2, 0) is 4.79 Å². The Morgan fingerprint density at radius 1 is 1.44 bits per heavy atom. The van der Waals surface area contributed by atoms with Crippen LogP contribution in [0.3, 0.4) is 0 Å². The van der Waals surface area contributed by atoms with Crippen LogP contribution in [0, 0.1) is 5.92 Å². The average Bonchev–Trinajstić information content (AvgIpc) is 2.88. The molecule has 18 heavy (non-hydrogen) atoms. The van der Waals surface area contributed by atoms with Crippen LogP contribution in [-0.4, -0.2) is 23.9 Å². The lowest BCUT2D eigenvalue weighted by atomic mass is 10.0. The van der Waals surface area contributed by atoms with E-state index in [-0.39, 0.29) is 17.9 Å². The monoisotopic (exact) mass is 246 g/mol. The zero-order valence-corrected chi connectivity index (χ0v) is 11.0. The van der Waals surface area contributed by atoms with Crippen molar-refractivity contribution in [2.45, 2.75) is 32.2 Å². The van der Waals surface area contributed by atoms with Crippen LogP contribution < -0.4 is 5.73 Å². The highest BCUT2D eigenvalue weighted by Gasteiger charge is 2.31. The van der Waals surface area contributed by atoms with Crippen molar-refractivity contribution in [2.24, 2.45) is 11.7 Å². The number of carbonyl (C=O) groups is 1. The van der Waals surface area contributed by atoms with Gasteiger partial charge in [0.25, 0.3) is 0 Å². The molecule has 0 aliphatic carbocycles. The third-order valence-electron chi connectivity index (χ3n) is 3.74. The maximum atomic E-state index is 12.4. The molecule has 0 saturated carbocycles. The Morgan fingerprint density at radius 2 is 2.17 bits per heavy atom. The van der Waals surface area contributed by atoms with E-state index in [1.165, 1.54) is 5.56 Å². The second-order valence-electron chi connectivity index (χ2n) is 5.08. The molecular weight excluding hydrogens is 224 g/mol. The van der Waals surface area contributed by atoms with Gasteiger partial charge in [-0.05, 0) is 31.4 Å². The molecule has 2 atom stereocenters. The molecule has 1 saturated heterocycles. The Bertz CT molecular complexity index is 391. The minimum absolute atomic E-state index is 0.0410. The highest BCUT2D eigenvalue weighted by molar-refractivity contribution is 5.79. The van der Waals surface area contributed by atoms with Gasteiger partial charge in [0.05, 0.1) is 6.04 Å². The topological polar surface area (TPSA) is 46.3 Å². The van der Waals surface area contributed by atoms with Crippen LogP contribution in [0.2, 0.25) is 0 Å². The summed E-state index contributed by atoms with van der Waals surface area (Å²) in [7, 11) is 0. The number of hydrogen-bond acceptors (Lipinski definition) is 2. The Labute approximate surface area is 109 Å². The Morgan fingerprint density at radius 3 is 2.83 bits per heavy atom. The molecule has 1 aliphatic rings. The summed E-state index contributed by atoms with van der Waals surface area (Å²) in [5.74, 6) is 0.297. The SMILES string of the molecule is CC(CCN)C(=O)N1CCCC1c1ccccc1. The van der Waals surface area contributed by atoms with Gasteiger partial charge in [-0.2, -0.15) is 0 Å². The molecule has 0 bridgehead atoms. The lowest BCUT2D eigenvalue weighted by Gasteiger charge is -2.27. The first-order valence-electron chi connectivity index (χ1n) is 6.79. The molecule has 2 unspecified atom stereocenters. The van der Waals surface area contributed by atoms with Crippen LogP contribution in [0.25, 0.3) is 0 Å². The molecule has 1 aromatic rings. The molecule has 3 nitrogen and oxygen atoms in total. The van der Waals surface area contributed by atoms with Gasteiger partial charge in [0.2, 0.25) is 5.91 Å². The van der Waals surface area contributed by atoms with Crippen molar-refractivity contribution in [3.05, 3.63) is 35.9 Å². The normalized spacial score (nSPS) is 21.0. The number of nitrogens with zero attached hydrogens (tertiary/aromatic N) is 1. The molecular formula is C15H22N2O. The van der Waals surface area contributed by atoms with Gasteiger partial charge in [0.1, 0.15) is 0 Å². The number of amides is 1. The van der Waals surface area contributed by atoms with Gasteiger partial charge < -0.3 is 10.6 Å². The number of carbonyl (C=O) groups excluding carboxylic acids is 1. The van der Waals surface area contributed by atoms with Crippen molar-refractivity contribution in [1.82, 2.24) is 4.90 Å². The Hall–Kier alpha value is -1.35. The maximum Gasteiger partial charge on any atom is 0.225 e. The molecule has 1 aromatic carbocycles. The summed E-state index contributed by atoms with van der Waals surface area (Å²) in [5.41, 5.74) is 6.79. The third-order valence-corrected chi connectivity index (χ3v) is 3.74. The van der Waals surface area contributed by atoms with E-state index in [0.29, 0.717) is 6.54 Å². The van der Waals surface area contributed by atoms with E-state index in [4.69, 9.17) is 5.73 Å². The maximum absolute atomic E-state index is 12.4. The van der Waals surface area contributed by atoms with Gasteiger partial charge in [0.15, 0.2) is 0 Å². The average molecular weight is 246 g/mol. The van der Waals surface area contributed by atoms with E-state index >= 15 is 0 Å². The van der Waals surface area contributed by atoms with Gasteiger partial charge in [-0.25, -0.2) is 0 Å². The van der Waals surface area contributed by atoms with Gasteiger partial charge in [-0.15, -0.1) is 0 Å². The fraction of sp³-hybridized carbons (Fsp3) is 0.533.